The van der Waals surface area contributed by atoms with Crippen molar-refractivity contribution in [1.82, 2.24) is 5.32 Å². The lowest BCUT2D eigenvalue weighted by Gasteiger charge is -2.17. The van der Waals surface area contributed by atoms with Gasteiger partial charge in [0, 0.05) is 11.8 Å². The van der Waals surface area contributed by atoms with Crippen molar-refractivity contribution in [2.24, 2.45) is 0 Å². The third kappa shape index (κ3) is 5.32. The molecule has 1 aromatic carbocycles. The summed E-state index contributed by atoms with van der Waals surface area (Å²) < 4.78 is 5.66. The second-order valence-electron chi connectivity index (χ2n) is 4.65. The van der Waals surface area contributed by atoms with Gasteiger partial charge in [-0.15, -0.1) is 0 Å². The molecule has 1 N–H and O–H groups in total. The Morgan fingerprint density at radius 3 is 2.39 bits per heavy atom. The van der Waals surface area contributed by atoms with Crippen LogP contribution in [0.25, 0.3) is 0 Å². The molecule has 0 amide bonds. The van der Waals surface area contributed by atoms with Crippen molar-refractivity contribution in [1.29, 1.82) is 0 Å². The molecule has 0 saturated carbocycles. The van der Waals surface area contributed by atoms with Crippen LogP contribution in [0.3, 0.4) is 0 Å². The normalized spacial score (nSPS) is 12.7. The van der Waals surface area contributed by atoms with Crippen molar-refractivity contribution in [3.8, 4) is 5.75 Å². The average Bonchev–Trinajstić information content (AvgIpc) is 2.35. The minimum absolute atomic E-state index is 0.232. The van der Waals surface area contributed by atoms with Gasteiger partial charge in [0.25, 0.3) is 0 Å². The third-order valence-electron chi connectivity index (χ3n) is 2.64. The number of benzene rings is 1. The number of hydrogen-bond donors (Lipinski definition) is 1. The smallest absolute Gasteiger partial charge is 0.119 e. The minimum atomic E-state index is 0.232. The van der Waals surface area contributed by atoms with Crippen molar-refractivity contribution in [3.05, 3.63) is 29.8 Å². The average molecular weight is 267 g/mol. The van der Waals surface area contributed by atoms with Crippen LogP contribution in [0.2, 0.25) is 0 Å². The first-order valence-electron chi connectivity index (χ1n) is 6.69. The molecule has 2 nitrogen and oxygen atoms in total. The minimum Gasteiger partial charge on any atom is -0.491 e. The van der Waals surface area contributed by atoms with Gasteiger partial charge in [0.2, 0.25) is 0 Å². The van der Waals surface area contributed by atoms with Gasteiger partial charge in [0.1, 0.15) is 5.75 Å². The molecular weight excluding hydrogens is 242 g/mol. The molecule has 0 aliphatic heterocycles. The molecule has 18 heavy (non-hydrogen) atoms. The quantitative estimate of drug-likeness (QED) is 0.722. The molecule has 0 bridgehead atoms. The topological polar surface area (TPSA) is 21.3 Å². The summed E-state index contributed by atoms with van der Waals surface area (Å²) in [5, 5.41) is 3.38. The van der Waals surface area contributed by atoms with E-state index >= 15 is 0 Å². The molecule has 0 aromatic heterocycles. The fraction of sp³-hybridized carbons (Fsp3) is 0.600. The largest absolute Gasteiger partial charge is 0.491 e. The fourth-order valence-electron chi connectivity index (χ4n) is 1.74. The summed E-state index contributed by atoms with van der Waals surface area (Å²) in [7, 11) is 2.02. The van der Waals surface area contributed by atoms with Crippen LogP contribution in [-0.4, -0.2) is 24.7 Å². The lowest BCUT2D eigenvalue weighted by Crippen LogP contribution is -2.18. The van der Waals surface area contributed by atoms with Gasteiger partial charge in [-0.2, -0.15) is 11.8 Å². The van der Waals surface area contributed by atoms with E-state index in [1.807, 2.05) is 32.7 Å². The summed E-state index contributed by atoms with van der Waals surface area (Å²) in [6.07, 6.45) is 1.47. The van der Waals surface area contributed by atoms with Gasteiger partial charge >= 0.3 is 0 Å². The highest BCUT2D eigenvalue weighted by Crippen LogP contribution is 2.21. The van der Waals surface area contributed by atoms with Crippen molar-refractivity contribution < 1.29 is 4.74 Å². The van der Waals surface area contributed by atoms with Crippen LogP contribution in [0.15, 0.2) is 24.3 Å². The summed E-state index contributed by atoms with van der Waals surface area (Å²) in [5.74, 6) is 3.30. The van der Waals surface area contributed by atoms with E-state index in [0.717, 1.165) is 11.5 Å². The highest BCUT2D eigenvalue weighted by molar-refractivity contribution is 7.99. The molecule has 0 fully saturated rings. The summed E-state index contributed by atoms with van der Waals surface area (Å²) in [6.45, 7) is 6.32. The van der Waals surface area contributed by atoms with Crippen molar-refractivity contribution in [3.63, 3.8) is 0 Å². The lowest BCUT2D eigenvalue weighted by atomic mass is 10.1. The second kappa shape index (κ2) is 8.44. The van der Waals surface area contributed by atoms with E-state index in [1.165, 1.54) is 17.7 Å². The Morgan fingerprint density at radius 2 is 1.89 bits per heavy atom. The lowest BCUT2D eigenvalue weighted by molar-refractivity contribution is 0.242. The highest BCUT2D eigenvalue weighted by Gasteiger charge is 2.09. The molecule has 1 atom stereocenters. The zero-order valence-corrected chi connectivity index (χ0v) is 12.7. The predicted molar refractivity (Wildman–Crippen MR) is 81.6 cm³/mol. The number of rotatable bonds is 8. The molecule has 0 saturated heterocycles. The summed E-state index contributed by atoms with van der Waals surface area (Å²) >= 11 is 2.00. The summed E-state index contributed by atoms with van der Waals surface area (Å²) in [6, 6.07) is 8.86. The van der Waals surface area contributed by atoms with Crippen molar-refractivity contribution in [2.75, 3.05) is 18.6 Å². The number of hydrogen-bond acceptors (Lipinski definition) is 3. The second-order valence-corrected chi connectivity index (χ2v) is 5.80. The Labute approximate surface area is 116 Å². The first-order chi connectivity index (χ1) is 8.67. The van der Waals surface area contributed by atoms with E-state index in [0.29, 0.717) is 6.04 Å². The molecule has 102 valence electrons. The number of ether oxygens (including phenoxy) is 1. The van der Waals surface area contributed by atoms with Crippen LogP contribution < -0.4 is 10.1 Å². The van der Waals surface area contributed by atoms with Gasteiger partial charge in [0.15, 0.2) is 0 Å². The monoisotopic (exact) mass is 267 g/mol. The number of nitrogens with one attached hydrogen (secondary N) is 1. The van der Waals surface area contributed by atoms with Gasteiger partial charge in [-0.25, -0.2) is 0 Å². The van der Waals surface area contributed by atoms with E-state index in [2.05, 4.69) is 36.5 Å². The first-order valence-corrected chi connectivity index (χ1v) is 7.84. The van der Waals surface area contributed by atoms with Crippen LogP contribution in [0, 0.1) is 0 Å². The predicted octanol–water partition coefficient (Wildman–Crippen LogP) is 3.88. The van der Waals surface area contributed by atoms with E-state index in [1.54, 1.807) is 0 Å². The molecular formula is C15H25NOS. The third-order valence-corrected chi connectivity index (χ3v) is 3.90. The van der Waals surface area contributed by atoms with Gasteiger partial charge in [-0.1, -0.05) is 19.1 Å². The Kier molecular flexibility index (Phi) is 7.21. The van der Waals surface area contributed by atoms with E-state index < -0.39 is 0 Å². The Bertz CT molecular complexity index is 324. The van der Waals surface area contributed by atoms with E-state index in [-0.39, 0.29) is 6.10 Å². The summed E-state index contributed by atoms with van der Waals surface area (Å²) in [4.78, 5) is 0. The maximum absolute atomic E-state index is 5.66. The Hall–Kier alpha value is -0.670. The highest BCUT2D eigenvalue weighted by atomic mass is 32.2. The molecule has 1 aromatic rings. The molecule has 1 unspecified atom stereocenters. The molecule has 0 heterocycles. The zero-order valence-electron chi connectivity index (χ0n) is 11.9. The molecule has 3 heteroatoms. The standard InChI is InChI=1S/C15H25NOS/c1-5-10-18-11-15(16-4)13-6-8-14(9-7-13)17-12(2)3/h6-9,12,15-16H,5,10-11H2,1-4H3. The molecule has 0 aliphatic rings. The van der Waals surface area contributed by atoms with E-state index in [4.69, 9.17) is 4.74 Å². The maximum atomic E-state index is 5.66. The molecule has 1 rings (SSSR count). The van der Waals surface area contributed by atoms with Crippen molar-refractivity contribution >= 4 is 11.8 Å². The van der Waals surface area contributed by atoms with Gasteiger partial charge < -0.3 is 10.1 Å². The van der Waals surface area contributed by atoms with Crippen LogP contribution in [-0.2, 0) is 0 Å². The zero-order chi connectivity index (χ0) is 13.4. The Morgan fingerprint density at radius 1 is 1.22 bits per heavy atom. The Balaban J connectivity index is 2.57. The van der Waals surface area contributed by atoms with Gasteiger partial charge in [0.05, 0.1) is 6.10 Å². The van der Waals surface area contributed by atoms with Crippen molar-refractivity contribution in [2.45, 2.75) is 39.3 Å². The SMILES string of the molecule is CCCSCC(NC)c1ccc(OC(C)C)cc1. The fourth-order valence-corrected chi connectivity index (χ4v) is 2.79. The molecule has 0 spiro atoms. The van der Waals surface area contributed by atoms with Crippen LogP contribution in [0.1, 0.15) is 38.8 Å². The number of thioether (sulfide) groups is 1. The van der Waals surface area contributed by atoms with Gasteiger partial charge in [-0.3, -0.25) is 0 Å². The van der Waals surface area contributed by atoms with Crippen LogP contribution in [0.4, 0.5) is 0 Å². The van der Waals surface area contributed by atoms with Crippen LogP contribution >= 0.6 is 11.8 Å². The van der Waals surface area contributed by atoms with Crippen LogP contribution in [0.5, 0.6) is 5.75 Å². The first kappa shape index (κ1) is 15.4. The summed E-state index contributed by atoms with van der Waals surface area (Å²) in [5.41, 5.74) is 1.33. The maximum Gasteiger partial charge on any atom is 0.119 e. The van der Waals surface area contributed by atoms with E-state index in [9.17, 15) is 0 Å². The van der Waals surface area contributed by atoms with Gasteiger partial charge in [-0.05, 0) is 50.8 Å². The molecule has 0 aliphatic carbocycles. The molecule has 0 radical (unpaired) electrons.